The van der Waals surface area contributed by atoms with Crippen molar-refractivity contribution in [1.82, 2.24) is 29.6 Å². The topological polar surface area (TPSA) is 141 Å². The molecule has 0 unspecified atom stereocenters. The summed E-state index contributed by atoms with van der Waals surface area (Å²) in [7, 11) is 0. The van der Waals surface area contributed by atoms with Crippen LogP contribution in [0.2, 0.25) is 0 Å². The fraction of sp³-hybridized carbons (Fsp3) is 0.406. The molecule has 1 saturated carbocycles. The third-order valence-electron chi connectivity index (χ3n) is 8.88. The largest absolute Gasteiger partial charge is 0.598 e. The van der Waals surface area contributed by atoms with Gasteiger partial charge in [-0.1, -0.05) is 12.1 Å². The molecule has 232 valence electrons. The molecule has 2 N–H and O–H groups in total. The summed E-state index contributed by atoms with van der Waals surface area (Å²) in [5.41, 5.74) is 2.37. The van der Waals surface area contributed by atoms with Crippen LogP contribution >= 0.6 is 0 Å². The van der Waals surface area contributed by atoms with E-state index in [-0.39, 0.29) is 11.7 Å². The van der Waals surface area contributed by atoms with Gasteiger partial charge in [-0.25, -0.2) is 15.0 Å². The number of alkyl halides is 2. The second kappa shape index (κ2) is 10.2. The van der Waals surface area contributed by atoms with E-state index in [1.54, 1.807) is 18.5 Å². The van der Waals surface area contributed by atoms with Crippen LogP contribution in [0.1, 0.15) is 86.6 Å². The number of carbonyl (C=O) groups is 1. The van der Waals surface area contributed by atoms with Crippen molar-refractivity contribution >= 4 is 28.3 Å². The van der Waals surface area contributed by atoms with Crippen LogP contribution in [0.3, 0.4) is 0 Å². The van der Waals surface area contributed by atoms with Crippen LogP contribution in [-0.2, 0) is 16.9 Å². The molecule has 3 aliphatic rings. The van der Waals surface area contributed by atoms with E-state index in [0.29, 0.717) is 47.6 Å². The third kappa shape index (κ3) is 4.83. The number of nitrogens with one attached hydrogen (secondary N) is 2. The molecule has 0 radical (unpaired) electrons. The fourth-order valence-corrected chi connectivity index (χ4v) is 7.78. The molecule has 1 aliphatic carbocycles. The van der Waals surface area contributed by atoms with Gasteiger partial charge in [-0.15, -0.1) is 4.72 Å². The summed E-state index contributed by atoms with van der Waals surface area (Å²) in [4.78, 5) is 27.2. The summed E-state index contributed by atoms with van der Waals surface area (Å²) >= 11 is -1.40. The predicted octanol–water partition coefficient (Wildman–Crippen LogP) is 5.44. The first kappa shape index (κ1) is 29.6. The Morgan fingerprint density at radius 3 is 2.60 bits per heavy atom. The van der Waals surface area contributed by atoms with Crippen LogP contribution in [0.5, 0.6) is 5.75 Å². The number of hydrogen-bond donors (Lipinski definition) is 2. The molecule has 2 aromatic heterocycles. The first-order valence-corrected chi connectivity index (χ1v) is 15.8. The number of nitrogens with zero attached hydrogens (tertiary/aromatic N) is 5. The summed E-state index contributed by atoms with van der Waals surface area (Å²) in [6, 6.07) is 11.9. The maximum absolute atomic E-state index is 13.4. The van der Waals surface area contributed by atoms with Crippen molar-refractivity contribution in [3.8, 4) is 22.9 Å². The lowest BCUT2D eigenvalue weighted by Gasteiger charge is -2.50. The van der Waals surface area contributed by atoms with Gasteiger partial charge in [-0.2, -0.15) is 14.0 Å². The molecule has 4 heterocycles. The third-order valence-corrected chi connectivity index (χ3v) is 10.6. The van der Waals surface area contributed by atoms with Gasteiger partial charge >= 0.3 is 6.61 Å². The van der Waals surface area contributed by atoms with E-state index >= 15 is 0 Å². The molecule has 4 aromatic rings. The number of rotatable bonds is 6. The highest BCUT2D eigenvalue weighted by Crippen LogP contribution is 2.53. The van der Waals surface area contributed by atoms with Crippen molar-refractivity contribution in [3.63, 3.8) is 0 Å². The Kier molecular flexibility index (Phi) is 6.71. The molecule has 45 heavy (non-hydrogen) atoms. The van der Waals surface area contributed by atoms with Crippen molar-refractivity contribution in [2.75, 3.05) is 0 Å². The van der Waals surface area contributed by atoms with Gasteiger partial charge in [-0.3, -0.25) is 4.79 Å². The molecule has 3 atom stereocenters. The zero-order valence-corrected chi connectivity index (χ0v) is 25.9. The SMILES string of the molecule is CC1(C#N)CC(N[S@+]([O-])C(C)(C)C)(c2ncc(-c3ccc4nc5n(c4c3)[C@@H]3C[C@H]5NC(=O)c4cccc(OC(F)F)c43)cn2)C1. The van der Waals surface area contributed by atoms with Gasteiger partial charge in [0, 0.05) is 40.4 Å². The normalized spacial score (nSPS) is 26.0. The summed E-state index contributed by atoms with van der Waals surface area (Å²) < 4.78 is 49.4. The quantitative estimate of drug-likeness (QED) is 0.268. The molecule has 0 saturated heterocycles. The van der Waals surface area contributed by atoms with Gasteiger partial charge in [0.25, 0.3) is 5.91 Å². The Morgan fingerprint density at radius 1 is 1.20 bits per heavy atom. The molecule has 13 heteroatoms. The number of nitriles is 1. The van der Waals surface area contributed by atoms with E-state index in [1.807, 2.05) is 50.5 Å². The Bertz CT molecular complexity index is 1880. The van der Waals surface area contributed by atoms with Crippen LogP contribution in [0.25, 0.3) is 22.2 Å². The van der Waals surface area contributed by atoms with Crippen LogP contribution in [0.15, 0.2) is 48.8 Å². The molecule has 0 spiro atoms. The molecule has 1 amide bonds. The van der Waals surface area contributed by atoms with Gasteiger partial charge in [-0.05, 0) is 76.8 Å². The number of benzene rings is 2. The molecule has 7 rings (SSSR count). The van der Waals surface area contributed by atoms with Crippen molar-refractivity contribution < 1.29 is 22.9 Å². The number of amides is 1. The van der Waals surface area contributed by atoms with Crippen molar-refractivity contribution in [2.24, 2.45) is 5.41 Å². The molecule has 1 fully saturated rings. The van der Waals surface area contributed by atoms with Gasteiger partial charge in [0.05, 0.1) is 34.6 Å². The minimum atomic E-state index is -3.04. The second-order valence-corrected chi connectivity index (χ2v) is 15.3. The average molecular weight is 632 g/mol. The van der Waals surface area contributed by atoms with Gasteiger partial charge < -0.3 is 19.2 Å². The Labute approximate surface area is 261 Å². The maximum Gasteiger partial charge on any atom is 0.387 e. The average Bonchev–Trinajstić information content (AvgIpc) is 3.47. The molecule has 2 aliphatic heterocycles. The van der Waals surface area contributed by atoms with E-state index < -0.39 is 45.8 Å². The van der Waals surface area contributed by atoms with Crippen LogP contribution in [-0.4, -0.2) is 41.3 Å². The first-order chi connectivity index (χ1) is 21.3. The number of hydrogen-bond acceptors (Lipinski definition) is 8. The van der Waals surface area contributed by atoms with Gasteiger partial charge in [0.1, 0.15) is 21.9 Å². The minimum Gasteiger partial charge on any atom is -0.598 e. The van der Waals surface area contributed by atoms with Crippen LogP contribution in [0.4, 0.5) is 8.78 Å². The molecule has 10 nitrogen and oxygen atoms in total. The van der Waals surface area contributed by atoms with E-state index in [2.05, 4.69) is 16.1 Å². The lowest BCUT2D eigenvalue weighted by atomic mass is 9.59. The molecular weight excluding hydrogens is 600 g/mol. The van der Waals surface area contributed by atoms with Gasteiger partial charge in [0.2, 0.25) is 0 Å². The molecule has 2 bridgehead atoms. The first-order valence-electron chi connectivity index (χ1n) is 14.7. The fourth-order valence-electron chi connectivity index (χ4n) is 6.88. The van der Waals surface area contributed by atoms with Crippen molar-refractivity contribution in [3.05, 3.63) is 71.6 Å². The highest BCUT2D eigenvalue weighted by molar-refractivity contribution is 7.90. The van der Waals surface area contributed by atoms with E-state index in [4.69, 9.17) is 19.7 Å². The molecule has 2 aromatic carbocycles. The van der Waals surface area contributed by atoms with E-state index in [0.717, 1.165) is 16.6 Å². The lowest BCUT2D eigenvalue weighted by molar-refractivity contribution is -0.0507. The number of aromatic nitrogens is 4. The summed E-state index contributed by atoms with van der Waals surface area (Å²) in [6.45, 7) is 4.49. The Hall–Kier alpha value is -4.12. The Balaban J connectivity index is 1.26. The number of fused-ring (bicyclic) bond motifs is 9. The number of carbonyl (C=O) groups excluding carboxylic acids is 1. The monoisotopic (exact) mass is 631 g/mol. The van der Waals surface area contributed by atoms with Crippen molar-refractivity contribution in [1.29, 1.82) is 5.26 Å². The highest BCUT2D eigenvalue weighted by atomic mass is 32.2. The maximum atomic E-state index is 13.4. The highest BCUT2D eigenvalue weighted by Gasteiger charge is 2.58. The zero-order valence-electron chi connectivity index (χ0n) is 25.1. The van der Waals surface area contributed by atoms with Gasteiger partial charge in [0.15, 0.2) is 5.82 Å². The number of halogens is 2. The number of ether oxygens (including phenoxy) is 1. The number of imidazole rings is 1. The smallest absolute Gasteiger partial charge is 0.387 e. The summed E-state index contributed by atoms with van der Waals surface area (Å²) in [6.07, 6.45) is 4.75. The lowest BCUT2D eigenvalue weighted by Crippen LogP contribution is -2.61. The Morgan fingerprint density at radius 2 is 1.93 bits per heavy atom. The van der Waals surface area contributed by atoms with Crippen molar-refractivity contribution in [2.45, 2.75) is 75.9 Å². The standard InChI is InChI=1S/C32H31F2N7O3S/c1-30(2,3)45(43)40-32(14-31(4,15-32)16-35)28-36-12-18(13-37-28)17-8-9-20-22(10-17)41-23-11-21(26(41)38-20)39-27(42)19-6-5-7-24(25(19)23)44-29(33)34/h5-10,12-13,21,23,29,40H,11,14-15H2,1-4H3,(H,39,42)/t21-,23-,31?,32?,45-/m1/s1. The van der Waals surface area contributed by atoms with Crippen LogP contribution in [0, 0.1) is 16.7 Å². The van der Waals surface area contributed by atoms with Crippen LogP contribution < -0.4 is 14.8 Å². The second-order valence-electron chi connectivity index (χ2n) is 13.3. The minimum absolute atomic E-state index is 0.0310. The summed E-state index contributed by atoms with van der Waals surface area (Å²) in [5, 5.41) is 12.7. The molecular formula is C32H31F2N7O3S. The zero-order chi connectivity index (χ0) is 31.9. The summed E-state index contributed by atoms with van der Waals surface area (Å²) in [5.74, 6) is 0.743. The van der Waals surface area contributed by atoms with E-state index in [9.17, 15) is 23.4 Å². The van der Waals surface area contributed by atoms with E-state index in [1.165, 1.54) is 12.1 Å². The predicted molar refractivity (Wildman–Crippen MR) is 162 cm³/mol.